The van der Waals surface area contributed by atoms with Gasteiger partial charge in [-0.25, -0.2) is 4.79 Å². The molecule has 0 saturated carbocycles. The van der Waals surface area contributed by atoms with Crippen LogP contribution in [-0.2, 0) is 61.9 Å². The summed E-state index contributed by atoms with van der Waals surface area (Å²) >= 11 is 0. The van der Waals surface area contributed by atoms with E-state index in [-0.39, 0.29) is 18.6 Å². The lowest BCUT2D eigenvalue weighted by atomic mass is 9.98. The van der Waals surface area contributed by atoms with E-state index < -0.39 is 96.8 Å². The van der Waals surface area contributed by atoms with Gasteiger partial charge in [0.05, 0.1) is 6.61 Å². The highest BCUT2D eigenvalue weighted by Crippen LogP contribution is 2.33. The van der Waals surface area contributed by atoms with Crippen LogP contribution >= 0.6 is 0 Å². The molecule has 0 aromatic carbocycles. The molecular formula is C26H34N2O15. The van der Waals surface area contributed by atoms with E-state index in [2.05, 4.69) is 4.98 Å². The molecule has 0 unspecified atom stereocenters. The number of esters is 5. The third-order valence-electron chi connectivity index (χ3n) is 6.33. The highest BCUT2D eigenvalue weighted by Gasteiger charge is 2.53. The van der Waals surface area contributed by atoms with Crippen molar-refractivity contribution in [1.29, 1.82) is 0 Å². The van der Waals surface area contributed by atoms with E-state index in [1.54, 1.807) is 0 Å². The standard InChI is InChI=1S/C26H34N2O15/c1-11-8-28(26(35)27-24(11)34)20-7-17(38-13(3)30)18(42-20)9-37-25-23(41-16(6)33)22(40-15(5)32)21(39-14(4)31)19(43-25)10-36-12(2)29/h8,17-23,25H,7,9-10H2,1-6H3,(H,27,34,35)/t17-,18+,19+,20+,21-,22-,23+,25+/m0/s1. The van der Waals surface area contributed by atoms with Crippen molar-refractivity contribution in [2.75, 3.05) is 13.2 Å². The fourth-order valence-corrected chi connectivity index (χ4v) is 4.67. The molecule has 2 aliphatic rings. The van der Waals surface area contributed by atoms with E-state index in [0.717, 1.165) is 32.3 Å². The number of aromatic amines is 1. The minimum atomic E-state index is -1.50. The van der Waals surface area contributed by atoms with Gasteiger partial charge in [-0.3, -0.25) is 38.3 Å². The van der Waals surface area contributed by atoms with Crippen LogP contribution in [0.2, 0.25) is 0 Å². The van der Waals surface area contributed by atoms with E-state index in [1.807, 2.05) is 0 Å². The summed E-state index contributed by atoms with van der Waals surface area (Å²) in [6.07, 6.45) is -8.61. The van der Waals surface area contributed by atoms with Crippen LogP contribution in [-0.4, -0.2) is 95.5 Å². The number of H-pyrrole nitrogens is 1. The lowest BCUT2D eigenvalue weighted by Crippen LogP contribution is -2.63. The monoisotopic (exact) mass is 614 g/mol. The third kappa shape index (κ3) is 8.95. The Morgan fingerprint density at radius 3 is 1.95 bits per heavy atom. The summed E-state index contributed by atoms with van der Waals surface area (Å²) < 4.78 is 45.4. The fraction of sp³-hybridized carbons (Fsp3) is 0.654. The Labute approximate surface area is 244 Å². The quantitative estimate of drug-likeness (QED) is 0.251. The number of rotatable bonds is 10. The molecule has 1 aromatic rings. The topological polar surface area (TPSA) is 214 Å². The molecule has 1 N–H and O–H groups in total. The molecule has 17 nitrogen and oxygen atoms in total. The Kier molecular flexibility index (Phi) is 11.2. The van der Waals surface area contributed by atoms with Crippen LogP contribution in [0.4, 0.5) is 0 Å². The zero-order valence-electron chi connectivity index (χ0n) is 24.4. The van der Waals surface area contributed by atoms with Crippen LogP contribution in [0.5, 0.6) is 0 Å². The summed E-state index contributed by atoms with van der Waals surface area (Å²) in [5, 5.41) is 0. The van der Waals surface area contributed by atoms with Crippen molar-refractivity contribution in [3.8, 4) is 0 Å². The van der Waals surface area contributed by atoms with Crippen LogP contribution in [0.25, 0.3) is 0 Å². The normalized spacial score (nSPS) is 28.4. The molecule has 0 radical (unpaired) electrons. The molecule has 2 saturated heterocycles. The summed E-state index contributed by atoms with van der Waals surface area (Å²) in [6.45, 7) is 6.25. The Morgan fingerprint density at radius 1 is 0.791 bits per heavy atom. The number of hydrogen-bond acceptors (Lipinski definition) is 15. The second-order valence-electron chi connectivity index (χ2n) is 9.89. The van der Waals surface area contributed by atoms with E-state index in [0.29, 0.717) is 0 Å². The van der Waals surface area contributed by atoms with Crippen LogP contribution in [0.3, 0.4) is 0 Å². The van der Waals surface area contributed by atoms with Crippen LogP contribution in [0, 0.1) is 6.92 Å². The highest BCUT2D eigenvalue weighted by molar-refractivity contribution is 5.69. The number of carbonyl (C=O) groups is 5. The van der Waals surface area contributed by atoms with Gasteiger partial charge < -0.3 is 37.9 Å². The molecule has 3 heterocycles. The maximum atomic E-state index is 12.4. The lowest BCUT2D eigenvalue weighted by Gasteiger charge is -2.44. The molecule has 8 atom stereocenters. The van der Waals surface area contributed by atoms with Crippen molar-refractivity contribution in [3.63, 3.8) is 0 Å². The maximum Gasteiger partial charge on any atom is 0.330 e. The molecule has 0 amide bonds. The average molecular weight is 615 g/mol. The Bertz CT molecular complexity index is 1340. The van der Waals surface area contributed by atoms with Gasteiger partial charge in [-0.15, -0.1) is 0 Å². The summed E-state index contributed by atoms with van der Waals surface area (Å²) in [4.78, 5) is 85.8. The number of hydrogen-bond donors (Lipinski definition) is 1. The first-order valence-electron chi connectivity index (χ1n) is 13.2. The molecule has 238 valence electrons. The largest absolute Gasteiger partial charge is 0.463 e. The second kappa shape index (κ2) is 14.4. The Morgan fingerprint density at radius 2 is 1.37 bits per heavy atom. The van der Waals surface area contributed by atoms with Crippen molar-refractivity contribution in [1.82, 2.24) is 9.55 Å². The average Bonchev–Trinajstić information content (AvgIpc) is 3.27. The summed E-state index contributed by atoms with van der Waals surface area (Å²) in [6, 6.07) is 0. The highest BCUT2D eigenvalue weighted by atomic mass is 16.7. The summed E-state index contributed by atoms with van der Waals surface area (Å²) in [5.74, 6) is -3.75. The molecule has 1 aromatic heterocycles. The Hall–Kier alpha value is -4.09. The van der Waals surface area contributed by atoms with Gasteiger partial charge in [0.2, 0.25) is 0 Å². The molecule has 0 bridgehead atoms. The van der Waals surface area contributed by atoms with Crippen LogP contribution in [0.15, 0.2) is 15.8 Å². The second-order valence-corrected chi connectivity index (χ2v) is 9.89. The zero-order chi connectivity index (χ0) is 32.0. The van der Waals surface area contributed by atoms with Gasteiger partial charge in [-0.1, -0.05) is 0 Å². The first kappa shape index (κ1) is 33.4. The van der Waals surface area contributed by atoms with Gasteiger partial charge in [-0.2, -0.15) is 0 Å². The van der Waals surface area contributed by atoms with E-state index in [4.69, 9.17) is 37.9 Å². The molecular weight excluding hydrogens is 580 g/mol. The number of aromatic nitrogens is 2. The predicted octanol–water partition coefficient (Wildman–Crippen LogP) is -0.836. The first-order chi connectivity index (χ1) is 20.2. The summed E-state index contributed by atoms with van der Waals surface area (Å²) in [5.41, 5.74) is -1.08. The number of ether oxygens (including phenoxy) is 8. The lowest BCUT2D eigenvalue weighted by molar-refractivity contribution is -0.312. The van der Waals surface area contributed by atoms with Gasteiger partial charge in [0, 0.05) is 52.8 Å². The SMILES string of the molecule is CC(=O)OC[C@H]1O[C@@H](OC[C@H]2O[C@@H](n3cc(C)c(=O)[nH]c3=O)C[C@@H]2OC(C)=O)[C@H](OC(C)=O)[C@@H](OC(C)=O)[C@H]1OC(C)=O. The molecule has 0 aliphatic carbocycles. The number of nitrogens with zero attached hydrogens (tertiary/aromatic N) is 1. The minimum absolute atomic E-state index is 0.0115. The Balaban J connectivity index is 1.91. The number of aryl methyl sites for hydroxylation is 1. The zero-order valence-corrected chi connectivity index (χ0v) is 24.4. The van der Waals surface area contributed by atoms with Crippen LogP contribution in [0.1, 0.15) is 52.8 Å². The van der Waals surface area contributed by atoms with Crippen molar-refractivity contribution in [3.05, 3.63) is 32.6 Å². The number of carbonyl (C=O) groups excluding carboxylic acids is 5. The van der Waals surface area contributed by atoms with E-state index in [9.17, 15) is 33.6 Å². The molecule has 3 rings (SSSR count). The van der Waals surface area contributed by atoms with Crippen molar-refractivity contribution in [2.24, 2.45) is 0 Å². The smallest absolute Gasteiger partial charge is 0.330 e. The third-order valence-corrected chi connectivity index (χ3v) is 6.33. The van der Waals surface area contributed by atoms with Gasteiger partial charge in [-0.05, 0) is 6.92 Å². The van der Waals surface area contributed by atoms with Crippen molar-refractivity contribution >= 4 is 29.8 Å². The van der Waals surface area contributed by atoms with Gasteiger partial charge >= 0.3 is 35.5 Å². The van der Waals surface area contributed by atoms with Gasteiger partial charge in [0.15, 0.2) is 24.6 Å². The van der Waals surface area contributed by atoms with Crippen LogP contribution < -0.4 is 11.2 Å². The molecule has 17 heteroatoms. The maximum absolute atomic E-state index is 12.4. The minimum Gasteiger partial charge on any atom is -0.463 e. The summed E-state index contributed by atoms with van der Waals surface area (Å²) in [7, 11) is 0. The predicted molar refractivity (Wildman–Crippen MR) is 138 cm³/mol. The molecule has 43 heavy (non-hydrogen) atoms. The van der Waals surface area contributed by atoms with E-state index in [1.165, 1.54) is 20.0 Å². The first-order valence-corrected chi connectivity index (χ1v) is 13.2. The molecule has 0 spiro atoms. The van der Waals surface area contributed by atoms with Crippen molar-refractivity contribution in [2.45, 2.75) is 97.1 Å². The van der Waals surface area contributed by atoms with Gasteiger partial charge in [0.1, 0.15) is 31.1 Å². The van der Waals surface area contributed by atoms with Gasteiger partial charge in [0.25, 0.3) is 5.56 Å². The molecule has 2 fully saturated rings. The molecule has 2 aliphatic heterocycles. The fourth-order valence-electron chi connectivity index (χ4n) is 4.67. The van der Waals surface area contributed by atoms with E-state index >= 15 is 0 Å². The van der Waals surface area contributed by atoms with Crippen molar-refractivity contribution < 1.29 is 61.9 Å². The number of nitrogens with one attached hydrogen (secondary N) is 1.